The summed E-state index contributed by atoms with van der Waals surface area (Å²) < 4.78 is 40.5. The van der Waals surface area contributed by atoms with Gasteiger partial charge < -0.3 is 5.73 Å². The van der Waals surface area contributed by atoms with Crippen molar-refractivity contribution in [3.8, 4) is 5.69 Å². The summed E-state index contributed by atoms with van der Waals surface area (Å²) in [7, 11) is 0. The average Bonchev–Trinajstić information content (AvgIpc) is 2.64. The van der Waals surface area contributed by atoms with Gasteiger partial charge >= 0.3 is 0 Å². The molecule has 1 atom stereocenters. The third kappa shape index (κ3) is 1.98. The Morgan fingerprint density at radius 1 is 1.24 bits per heavy atom. The van der Waals surface area contributed by atoms with E-state index < -0.39 is 29.2 Å². The maximum atomic E-state index is 13.5. The summed E-state index contributed by atoms with van der Waals surface area (Å²) in [4.78, 5) is 0. The minimum Gasteiger partial charge on any atom is -0.321 e. The Labute approximate surface area is 94.0 Å². The first-order chi connectivity index (χ1) is 8.00. The van der Waals surface area contributed by atoms with Crippen LogP contribution in [0.15, 0.2) is 12.1 Å². The molecule has 5 nitrogen and oxygen atoms in total. The molecule has 0 spiro atoms. The van der Waals surface area contributed by atoms with Crippen LogP contribution in [0.2, 0.25) is 0 Å². The molecule has 1 heterocycles. The van der Waals surface area contributed by atoms with Crippen molar-refractivity contribution in [2.75, 3.05) is 0 Å². The van der Waals surface area contributed by atoms with Gasteiger partial charge in [-0.2, -0.15) is 4.68 Å². The molecule has 0 aliphatic heterocycles. The van der Waals surface area contributed by atoms with E-state index in [1.807, 2.05) is 0 Å². The van der Waals surface area contributed by atoms with Crippen LogP contribution < -0.4 is 5.73 Å². The third-order valence-corrected chi connectivity index (χ3v) is 2.09. The number of tetrazole rings is 1. The molecule has 2 aromatic rings. The van der Waals surface area contributed by atoms with Crippen LogP contribution in [0.4, 0.5) is 13.2 Å². The van der Waals surface area contributed by atoms with Crippen molar-refractivity contribution in [2.24, 2.45) is 5.73 Å². The van der Waals surface area contributed by atoms with Crippen molar-refractivity contribution in [3.05, 3.63) is 35.4 Å². The average molecular weight is 243 g/mol. The zero-order valence-corrected chi connectivity index (χ0v) is 8.73. The van der Waals surface area contributed by atoms with Crippen molar-refractivity contribution in [2.45, 2.75) is 13.0 Å². The van der Waals surface area contributed by atoms with Crippen LogP contribution in [0, 0.1) is 17.5 Å². The van der Waals surface area contributed by atoms with E-state index in [1.54, 1.807) is 6.92 Å². The van der Waals surface area contributed by atoms with Crippen molar-refractivity contribution in [3.63, 3.8) is 0 Å². The van der Waals surface area contributed by atoms with Crippen molar-refractivity contribution < 1.29 is 13.2 Å². The fraction of sp³-hybridized carbons (Fsp3) is 0.222. The molecular weight excluding hydrogens is 235 g/mol. The fourth-order valence-corrected chi connectivity index (χ4v) is 1.37. The highest BCUT2D eigenvalue weighted by molar-refractivity contribution is 5.35. The molecule has 0 saturated heterocycles. The van der Waals surface area contributed by atoms with E-state index >= 15 is 0 Å². The molecule has 0 aliphatic carbocycles. The summed E-state index contributed by atoms with van der Waals surface area (Å²) in [6.45, 7) is 1.56. The van der Waals surface area contributed by atoms with Gasteiger partial charge in [0, 0.05) is 12.1 Å². The highest BCUT2D eigenvalue weighted by atomic mass is 19.1. The molecule has 0 amide bonds. The molecule has 0 aliphatic rings. The zero-order chi connectivity index (χ0) is 12.6. The van der Waals surface area contributed by atoms with Crippen LogP contribution in [-0.2, 0) is 0 Å². The monoisotopic (exact) mass is 243 g/mol. The van der Waals surface area contributed by atoms with Crippen LogP contribution in [0.3, 0.4) is 0 Å². The standard InChI is InChI=1S/C9H8F3N5/c1-4(13)9-14-15-16-17(9)8-6(11)2-5(10)3-7(8)12/h2-4H,13H2,1H3. The molecule has 2 N–H and O–H groups in total. The Balaban J connectivity index is 2.64. The predicted octanol–water partition coefficient (Wildman–Crippen LogP) is 1.10. The van der Waals surface area contributed by atoms with E-state index in [2.05, 4.69) is 15.5 Å². The quantitative estimate of drug-likeness (QED) is 0.857. The van der Waals surface area contributed by atoms with Crippen molar-refractivity contribution in [1.82, 2.24) is 20.2 Å². The van der Waals surface area contributed by atoms with E-state index in [4.69, 9.17) is 5.73 Å². The number of hydrogen-bond acceptors (Lipinski definition) is 4. The Kier molecular flexibility index (Phi) is 2.80. The van der Waals surface area contributed by atoms with Gasteiger partial charge in [-0.05, 0) is 17.4 Å². The molecule has 0 fully saturated rings. The normalized spacial score (nSPS) is 12.8. The minimum absolute atomic E-state index is 0.0782. The summed E-state index contributed by atoms with van der Waals surface area (Å²) in [5, 5.41) is 10.3. The maximum Gasteiger partial charge on any atom is 0.173 e. The highest BCUT2D eigenvalue weighted by Gasteiger charge is 2.20. The number of benzene rings is 1. The number of halogens is 3. The second-order valence-electron chi connectivity index (χ2n) is 3.46. The first-order valence-electron chi connectivity index (χ1n) is 4.69. The molecule has 8 heteroatoms. The SMILES string of the molecule is CC(N)c1nnnn1-c1c(F)cc(F)cc1F. The minimum atomic E-state index is -1.10. The van der Waals surface area contributed by atoms with E-state index in [-0.39, 0.29) is 5.82 Å². The number of nitrogens with two attached hydrogens (primary N) is 1. The van der Waals surface area contributed by atoms with Gasteiger partial charge in [-0.3, -0.25) is 0 Å². The lowest BCUT2D eigenvalue weighted by atomic mass is 10.2. The van der Waals surface area contributed by atoms with Crippen LogP contribution in [-0.4, -0.2) is 20.2 Å². The maximum absolute atomic E-state index is 13.5. The molecule has 0 saturated carbocycles. The van der Waals surface area contributed by atoms with Gasteiger partial charge in [0.05, 0.1) is 6.04 Å². The molecule has 0 bridgehead atoms. The Morgan fingerprint density at radius 3 is 2.35 bits per heavy atom. The Bertz CT molecular complexity index is 528. The predicted molar refractivity (Wildman–Crippen MR) is 51.6 cm³/mol. The lowest BCUT2D eigenvalue weighted by molar-refractivity contribution is 0.519. The van der Waals surface area contributed by atoms with E-state index in [9.17, 15) is 13.2 Å². The van der Waals surface area contributed by atoms with Crippen molar-refractivity contribution >= 4 is 0 Å². The smallest absolute Gasteiger partial charge is 0.173 e. The van der Waals surface area contributed by atoms with Gasteiger partial charge in [-0.15, -0.1) is 5.10 Å². The lowest BCUT2D eigenvalue weighted by Crippen LogP contribution is -2.15. The van der Waals surface area contributed by atoms with E-state index in [0.717, 1.165) is 4.68 Å². The first-order valence-corrected chi connectivity index (χ1v) is 4.69. The number of aromatic nitrogens is 4. The second kappa shape index (κ2) is 4.13. The summed E-state index contributed by atoms with van der Waals surface area (Å²) in [6, 6.07) is 0.477. The van der Waals surface area contributed by atoms with Gasteiger partial charge in [0.25, 0.3) is 0 Å². The lowest BCUT2D eigenvalue weighted by Gasteiger charge is -2.08. The molecule has 1 aromatic heterocycles. The van der Waals surface area contributed by atoms with Crippen molar-refractivity contribution in [1.29, 1.82) is 0 Å². The van der Waals surface area contributed by atoms with Crippen LogP contribution >= 0.6 is 0 Å². The molecule has 17 heavy (non-hydrogen) atoms. The van der Waals surface area contributed by atoms with Crippen LogP contribution in [0.25, 0.3) is 5.69 Å². The summed E-state index contributed by atoms with van der Waals surface area (Å²) >= 11 is 0. The number of nitrogens with zero attached hydrogens (tertiary/aromatic N) is 4. The van der Waals surface area contributed by atoms with Gasteiger partial charge in [0.1, 0.15) is 11.5 Å². The van der Waals surface area contributed by atoms with Gasteiger partial charge in [0.15, 0.2) is 17.5 Å². The zero-order valence-electron chi connectivity index (χ0n) is 8.73. The second-order valence-corrected chi connectivity index (χ2v) is 3.46. The molecule has 0 radical (unpaired) electrons. The molecule has 2 rings (SSSR count). The molecular formula is C9H8F3N5. The summed E-state index contributed by atoms with van der Waals surface area (Å²) in [6.07, 6.45) is 0. The summed E-state index contributed by atoms with van der Waals surface area (Å²) in [5.41, 5.74) is 4.99. The van der Waals surface area contributed by atoms with Crippen LogP contribution in [0.1, 0.15) is 18.8 Å². The summed E-state index contributed by atoms with van der Waals surface area (Å²) in [5.74, 6) is -3.14. The topological polar surface area (TPSA) is 69.6 Å². The third-order valence-electron chi connectivity index (χ3n) is 2.09. The van der Waals surface area contributed by atoms with E-state index in [1.165, 1.54) is 0 Å². The van der Waals surface area contributed by atoms with E-state index in [0.29, 0.717) is 12.1 Å². The van der Waals surface area contributed by atoms with Gasteiger partial charge in [-0.1, -0.05) is 0 Å². The number of rotatable bonds is 2. The van der Waals surface area contributed by atoms with Crippen LogP contribution in [0.5, 0.6) is 0 Å². The molecule has 1 aromatic carbocycles. The van der Waals surface area contributed by atoms with Gasteiger partial charge in [0.2, 0.25) is 0 Å². The Morgan fingerprint density at radius 2 is 1.82 bits per heavy atom. The first kappa shape index (κ1) is 11.5. The largest absolute Gasteiger partial charge is 0.321 e. The fourth-order valence-electron chi connectivity index (χ4n) is 1.37. The Hall–Kier alpha value is -1.96. The highest BCUT2D eigenvalue weighted by Crippen LogP contribution is 2.20. The molecule has 1 unspecified atom stereocenters. The van der Waals surface area contributed by atoms with Gasteiger partial charge in [-0.25, -0.2) is 13.2 Å². The molecule has 90 valence electrons. The number of hydrogen-bond donors (Lipinski definition) is 1.